The summed E-state index contributed by atoms with van der Waals surface area (Å²) >= 11 is 0. The third-order valence-electron chi connectivity index (χ3n) is 2.08. The van der Waals surface area contributed by atoms with Gasteiger partial charge in [-0.2, -0.15) is 0 Å². The fourth-order valence-electron chi connectivity index (χ4n) is 1.01. The molecule has 5 heteroatoms. The van der Waals surface area contributed by atoms with Crippen molar-refractivity contribution in [3.05, 3.63) is 0 Å². The molecule has 0 aromatic rings. The van der Waals surface area contributed by atoms with Crippen molar-refractivity contribution in [3.63, 3.8) is 0 Å². The Morgan fingerprint density at radius 2 is 2.00 bits per heavy atom. The summed E-state index contributed by atoms with van der Waals surface area (Å²) in [7, 11) is 2.95. The van der Waals surface area contributed by atoms with Crippen molar-refractivity contribution in [2.24, 2.45) is 0 Å². The molecule has 0 aromatic carbocycles. The van der Waals surface area contributed by atoms with Gasteiger partial charge in [0.15, 0.2) is 0 Å². The van der Waals surface area contributed by atoms with E-state index in [1.165, 1.54) is 12.0 Å². The third-order valence-corrected chi connectivity index (χ3v) is 2.08. The molecular formula is C10H19NO4. The first-order chi connectivity index (χ1) is 6.97. The fourth-order valence-corrected chi connectivity index (χ4v) is 1.01. The molecular weight excluding hydrogens is 198 g/mol. The predicted octanol–water partition coefficient (Wildman–Crippen LogP) is 0.169. The fraction of sp³-hybridized carbons (Fsp3) is 0.800. The summed E-state index contributed by atoms with van der Waals surface area (Å²) in [5.41, 5.74) is 0. The van der Waals surface area contributed by atoms with E-state index in [0.717, 1.165) is 0 Å². The number of nitrogens with zero attached hydrogens (tertiary/aromatic N) is 1. The van der Waals surface area contributed by atoms with Crippen molar-refractivity contribution in [2.45, 2.75) is 32.3 Å². The second-order valence-corrected chi connectivity index (χ2v) is 3.53. The number of aliphatic hydroxyl groups is 1. The molecule has 5 nitrogen and oxygen atoms in total. The molecule has 1 amide bonds. The standard InChI is InChI=1S/C10H19NO4/c1-8(12)4-5-9(13)11(2)7-6-10(14)15-3/h8,12H,4-7H2,1-3H3. The van der Waals surface area contributed by atoms with Crippen molar-refractivity contribution in [2.75, 3.05) is 20.7 Å². The van der Waals surface area contributed by atoms with E-state index in [-0.39, 0.29) is 18.3 Å². The van der Waals surface area contributed by atoms with E-state index in [1.54, 1.807) is 14.0 Å². The molecule has 0 aliphatic heterocycles. The molecule has 88 valence electrons. The molecule has 1 N–H and O–H groups in total. The maximum Gasteiger partial charge on any atom is 0.307 e. The highest BCUT2D eigenvalue weighted by molar-refractivity contribution is 5.77. The topological polar surface area (TPSA) is 66.8 Å². The minimum absolute atomic E-state index is 0.0696. The number of hydrogen-bond acceptors (Lipinski definition) is 4. The van der Waals surface area contributed by atoms with Gasteiger partial charge >= 0.3 is 5.97 Å². The van der Waals surface area contributed by atoms with Crippen LogP contribution >= 0.6 is 0 Å². The zero-order valence-corrected chi connectivity index (χ0v) is 9.52. The van der Waals surface area contributed by atoms with Crippen LogP contribution < -0.4 is 0 Å². The van der Waals surface area contributed by atoms with Crippen molar-refractivity contribution in [1.82, 2.24) is 4.90 Å². The maximum atomic E-state index is 11.4. The molecule has 0 heterocycles. The molecule has 15 heavy (non-hydrogen) atoms. The molecule has 0 spiro atoms. The number of carbonyl (C=O) groups excluding carboxylic acids is 2. The summed E-state index contributed by atoms with van der Waals surface area (Å²) in [4.78, 5) is 23.7. The van der Waals surface area contributed by atoms with Gasteiger partial charge in [0.25, 0.3) is 0 Å². The lowest BCUT2D eigenvalue weighted by molar-refractivity contribution is -0.141. The highest BCUT2D eigenvalue weighted by Crippen LogP contribution is 2.00. The molecule has 1 atom stereocenters. The Balaban J connectivity index is 3.74. The molecule has 0 aliphatic carbocycles. The van der Waals surface area contributed by atoms with Crippen molar-refractivity contribution < 1.29 is 19.4 Å². The Morgan fingerprint density at radius 1 is 1.40 bits per heavy atom. The quantitative estimate of drug-likeness (QED) is 0.644. The lowest BCUT2D eigenvalue weighted by atomic mass is 10.2. The van der Waals surface area contributed by atoms with Crippen LogP contribution in [-0.2, 0) is 14.3 Å². The van der Waals surface area contributed by atoms with Crippen LogP contribution in [0.5, 0.6) is 0 Å². The van der Waals surface area contributed by atoms with Crippen LogP contribution in [-0.4, -0.2) is 48.7 Å². The van der Waals surface area contributed by atoms with Crippen LogP contribution in [0.2, 0.25) is 0 Å². The van der Waals surface area contributed by atoms with Crippen LogP contribution in [0.25, 0.3) is 0 Å². The first kappa shape index (κ1) is 13.9. The van der Waals surface area contributed by atoms with Crippen LogP contribution in [0, 0.1) is 0 Å². The van der Waals surface area contributed by atoms with Gasteiger partial charge < -0.3 is 14.7 Å². The average Bonchev–Trinajstić information content (AvgIpc) is 2.21. The molecule has 0 bridgehead atoms. The molecule has 0 saturated heterocycles. The molecule has 0 rings (SSSR count). The van der Waals surface area contributed by atoms with Crippen molar-refractivity contribution in [1.29, 1.82) is 0 Å². The molecule has 0 fully saturated rings. The summed E-state index contributed by atoms with van der Waals surface area (Å²) in [6.45, 7) is 1.99. The van der Waals surface area contributed by atoms with Gasteiger partial charge in [-0.05, 0) is 13.3 Å². The largest absolute Gasteiger partial charge is 0.469 e. The summed E-state index contributed by atoms with van der Waals surface area (Å²) in [5.74, 6) is -0.398. The summed E-state index contributed by atoms with van der Waals surface area (Å²) < 4.78 is 4.46. The number of ether oxygens (including phenoxy) is 1. The zero-order valence-electron chi connectivity index (χ0n) is 9.52. The van der Waals surface area contributed by atoms with Crippen molar-refractivity contribution in [3.8, 4) is 0 Å². The third kappa shape index (κ3) is 6.90. The minimum Gasteiger partial charge on any atom is -0.469 e. The maximum absolute atomic E-state index is 11.4. The van der Waals surface area contributed by atoms with E-state index >= 15 is 0 Å². The van der Waals surface area contributed by atoms with Crippen LogP contribution in [0.3, 0.4) is 0 Å². The lowest BCUT2D eigenvalue weighted by Crippen LogP contribution is -2.29. The molecule has 0 saturated carbocycles. The Bertz CT molecular complexity index is 215. The first-order valence-corrected chi connectivity index (χ1v) is 4.96. The SMILES string of the molecule is COC(=O)CCN(C)C(=O)CCC(C)O. The Hall–Kier alpha value is -1.10. The van der Waals surface area contributed by atoms with Gasteiger partial charge in [0.05, 0.1) is 19.6 Å². The van der Waals surface area contributed by atoms with E-state index in [4.69, 9.17) is 5.11 Å². The number of esters is 1. The van der Waals surface area contributed by atoms with E-state index in [1.807, 2.05) is 0 Å². The number of hydrogen-bond donors (Lipinski definition) is 1. The second kappa shape index (κ2) is 7.23. The van der Waals surface area contributed by atoms with Gasteiger partial charge in [-0.15, -0.1) is 0 Å². The van der Waals surface area contributed by atoms with E-state index in [2.05, 4.69) is 4.74 Å². The number of amides is 1. The van der Waals surface area contributed by atoms with Crippen LogP contribution in [0.15, 0.2) is 0 Å². The Kier molecular flexibility index (Phi) is 6.70. The lowest BCUT2D eigenvalue weighted by Gasteiger charge is -2.16. The number of aliphatic hydroxyl groups excluding tert-OH is 1. The van der Waals surface area contributed by atoms with Crippen LogP contribution in [0.4, 0.5) is 0 Å². The van der Waals surface area contributed by atoms with E-state index in [9.17, 15) is 9.59 Å². The number of rotatable bonds is 6. The monoisotopic (exact) mass is 217 g/mol. The van der Waals surface area contributed by atoms with Gasteiger partial charge in [-0.3, -0.25) is 9.59 Å². The zero-order chi connectivity index (χ0) is 11.8. The summed E-state index contributed by atoms with van der Waals surface area (Å²) in [6.07, 6.45) is 0.479. The van der Waals surface area contributed by atoms with Gasteiger partial charge in [0, 0.05) is 20.0 Å². The molecule has 0 aliphatic rings. The summed E-state index contributed by atoms with van der Waals surface area (Å²) in [6, 6.07) is 0. The Morgan fingerprint density at radius 3 is 2.47 bits per heavy atom. The molecule has 0 aromatic heterocycles. The Labute approximate surface area is 90.0 Å². The van der Waals surface area contributed by atoms with Gasteiger partial charge in [-0.25, -0.2) is 0 Å². The minimum atomic E-state index is -0.469. The van der Waals surface area contributed by atoms with Gasteiger partial charge in [0.1, 0.15) is 0 Å². The first-order valence-electron chi connectivity index (χ1n) is 4.96. The predicted molar refractivity (Wildman–Crippen MR) is 55.2 cm³/mol. The molecule has 0 radical (unpaired) electrons. The highest BCUT2D eigenvalue weighted by atomic mass is 16.5. The second-order valence-electron chi connectivity index (χ2n) is 3.53. The number of methoxy groups -OCH3 is 1. The average molecular weight is 217 g/mol. The smallest absolute Gasteiger partial charge is 0.307 e. The van der Waals surface area contributed by atoms with Gasteiger partial charge in [-0.1, -0.05) is 0 Å². The summed E-state index contributed by atoms with van der Waals surface area (Å²) in [5, 5.41) is 8.99. The van der Waals surface area contributed by atoms with Crippen LogP contribution in [0.1, 0.15) is 26.2 Å². The van der Waals surface area contributed by atoms with Crippen molar-refractivity contribution >= 4 is 11.9 Å². The van der Waals surface area contributed by atoms with E-state index in [0.29, 0.717) is 19.4 Å². The highest BCUT2D eigenvalue weighted by Gasteiger charge is 2.11. The van der Waals surface area contributed by atoms with E-state index < -0.39 is 6.10 Å². The van der Waals surface area contributed by atoms with Gasteiger partial charge in [0.2, 0.25) is 5.91 Å². The number of carbonyl (C=O) groups is 2. The molecule has 1 unspecified atom stereocenters. The normalized spacial score (nSPS) is 12.0.